The number of rotatable bonds is 8. The molecule has 6 rings (SSSR count). The van der Waals surface area contributed by atoms with Crippen LogP contribution in [0, 0.1) is 18.7 Å². The number of carbonyl (C=O) groups excluding carboxylic acids is 1. The molecule has 0 aliphatic heterocycles. The van der Waals surface area contributed by atoms with Gasteiger partial charge >= 0.3 is 0 Å². The number of anilines is 1. The lowest BCUT2D eigenvalue weighted by atomic mass is 10.1. The van der Waals surface area contributed by atoms with Crippen molar-refractivity contribution in [1.82, 2.24) is 39.7 Å². The predicted molar refractivity (Wildman–Crippen MR) is 160 cm³/mol. The van der Waals surface area contributed by atoms with E-state index in [0.717, 1.165) is 38.8 Å². The van der Waals surface area contributed by atoms with Crippen molar-refractivity contribution in [2.45, 2.75) is 33.7 Å². The molecular formula is C31H28FN9O2. The molecule has 0 bridgehead atoms. The molecule has 0 saturated heterocycles. The maximum Gasteiger partial charge on any atom is 0.294 e. The van der Waals surface area contributed by atoms with Crippen LogP contribution in [0.3, 0.4) is 0 Å². The summed E-state index contributed by atoms with van der Waals surface area (Å²) < 4.78 is 17.4. The van der Waals surface area contributed by atoms with Crippen molar-refractivity contribution < 1.29 is 9.18 Å². The van der Waals surface area contributed by atoms with Gasteiger partial charge in [0.25, 0.3) is 5.56 Å². The number of benzene rings is 2. The molecule has 216 valence electrons. The number of halogens is 1. The number of hydrogen-bond acceptors (Lipinski definition) is 7. The second-order valence-corrected chi connectivity index (χ2v) is 10.4. The lowest BCUT2D eigenvalue weighted by molar-refractivity contribution is -0.119. The third kappa shape index (κ3) is 5.42. The first-order chi connectivity index (χ1) is 20.8. The third-order valence-corrected chi connectivity index (χ3v) is 7.51. The van der Waals surface area contributed by atoms with Crippen molar-refractivity contribution in [3.8, 4) is 28.3 Å². The Kier molecular flexibility index (Phi) is 7.33. The molecule has 0 radical (unpaired) electrons. The average molecular weight is 578 g/mol. The molecule has 1 amide bonds. The number of tetrazole rings is 1. The summed E-state index contributed by atoms with van der Waals surface area (Å²) in [5.74, 6) is -0.447. The Labute approximate surface area is 245 Å². The van der Waals surface area contributed by atoms with E-state index < -0.39 is 5.56 Å². The maximum absolute atomic E-state index is 13.9. The average Bonchev–Trinajstić information content (AvgIpc) is 3.67. The van der Waals surface area contributed by atoms with E-state index >= 15 is 0 Å². The highest BCUT2D eigenvalue weighted by molar-refractivity contribution is 5.91. The number of aromatic amines is 1. The number of aromatic nitrogens is 8. The highest BCUT2D eigenvalue weighted by Crippen LogP contribution is 2.27. The van der Waals surface area contributed by atoms with Gasteiger partial charge in [0, 0.05) is 29.3 Å². The van der Waals surface area contributed by atoms with E-state index in [0.29, 0.717) is 17.9 Å². The molecular weight excluding hydrogens is 549 g/mol. The normalized spacial score (nSPS) is 12.0. The molecule has 1 atom stereocenters. The van der Waals surface area contributed by atoms with Crippen LogP contribution in [0.1, 0.15) is 31.4 Å². The second-order valence-electron chi connectivity index (χ2n) is 10.4. The number of H-pyrrole nitrogens is 1. The number of amides is 1. The molecule has 12 heteroatoms. The zero-order valence-corrected chi connectivity index (χ0v) is 23.7. The Morgan fingerprint density at radius 2 is 1.86 bits per heavy atom. The molecule has 11 nitrogen and oxygen atoms in total. The van der Waals surface area contributed by atoms with Gasteiger partial charge in [0.1, 0.15) is 5.82 Å². The van der Waals surface area contributed by atoms with Crippen molar-refractivity contribution in [3.63, 3.8) is 0 Å². The zero-order chi connectivity index (χ0) is 30.1. The summed E-state index contributed by atoms with van der Waals surface area (Å²) in [6.45, 7) is 5.79. The van der Waals surface area contributed by atoms with Gasteiger partial charge in [-0.2, -0.15) is 5.21 Å². The van der Waals surface area contributed by atoms with Crippen LogP contribution in [-0.4, -0.2) is 45.6 Å². The van der Waals surface area contributed by atoms with Gasteiger partial charge < -0.3 is 9.88 Å². The summed E-state index contributed by atoms with van der Waals surface area (Å²) in [5.41, 5.74) is 4.87. The zero-order valence-electron chi connectivity index (χ0n) is 23.7. The molecule has 4 heterocycles. The summed E-state index contributed by atoms with van der Waals surface area (Å²) in [4.78, 5) is 35.3. The van der Waals surface area contributed by atoms with Gasteiger partial charge in [-0.25, -0.2) is 9.37 Å². The Bertz CT molecular complexity index is 2000. The Morgan fingerprint density at radius 3 is 2.60 bits per heavy atom. The quantitative estimate of drug-likeness (QED) is 0.262. The number of aryl methyl sites for hydroxylation is 1. The highest BCUT2D eigenvalue weighted by Gasteiger charge is 2.18. The van der Waals surface area contributed by atoms with Gasteiger partial charge in [-0.1, -0.05) is 38.1 Å². The number of pyridine rings is 1. The molecule has 0 aliphatic rings. The van der Waals surface area contributed by atoms with Gasteiger partial charge in [0.2, 0.25) is 11.7 Å². The van der Waals surface area contributed by atoms with E-state index in [-0.39, 0.29) is 30.0 Å². The number of carbonyl (C=O) groups is 1. The summed E-state index contributed by atoms with van der Waals surface area (Å²) in [7, 11) is 0. The van der Waals surface area contributed by atoms with Crippen molar-refractivity contribution in [1.29, 1.82) is 0 Å². The topological polar surface area (TPSA) is 136 Å². The molecule has 0 saturated carbocycles. The maximum atomic E-state index is 13.9. The Morgan fingerprint density at radius 1 is 1.07 bits per heavy atom. The van der Waals surface area contributed by atoms with Crippen LogP contribution >= 0.6 is 0 Å². The van der Waals surface area contributed by atoms with Gasteiger partial charge in [-0.05, 0) is 59.5 Å². The summed E-state index contributed by atoms with van der Waals surface area (Å²) in [6, 6.07) is 14.0. The second kappa shape index (κ2) is 11.4. The van der Waals surface area contributed by atoms with Crippen LogP contribution in [0.15, 0.2) is 78.1 Å². The molecule has 6 aromatic rings. The van der Waals surface area contributed by atoms with Crippen LogP contribution in [0.4, 0.5) is 10.2 Å². The molecule has 43 heavy (non-hydrogen) atoms. The van der Waals surface area contributed by atoms with E-state index in [9.17, 15) is 14.0 Å². The van der Waals surface area contributed by atoms with Crippen molar-refractivity contribution in [2.24, 2.45) is 5.92 Å². The minimum atomic E-state index is -0.445. The van der Waals surface area contributed by atoms with E-state index in [1.807, 2.05) is 54.9 Å². The van der Waals surface area contributed by atoms with Gasteiger partial charge in [0.15, 0.2) is 5.82 Å². The first-order valence-electron chi connectivity index (χ1n) is 13.8. The predicted octanol–water partition coefficient (Wildman–Crippen LogP) is 4.91. The largest absolute Gasteiger partial charge is 0.315 e. The highest BCUT2D eigenvalue weighted by atomic mass is 19.1. The smallest absolute Gasteiger partial charge is 0.294 e. The van der Waals surface area contributed by atoms with Crippen molar-refractivity contribution >= 4 is 22.6 Å². The minimum Gasteiger partial charge on any atom is -0.315 e. The van der Waals surface area contributed by atoms with E-state index in [1.54, 1.807) is 36.1 Å². The van der Waals surface area contributed by atoms with Crippen molar-refractivity contribution in [3.05, 3.63) is 101 Å². The van der Waals surface area contributed by atoms with Crippen molar-refractivity contribution in [2.75, 3.05) is 5.32 Å². The van der Waals surface area contributed by atoms with Gasteiger partial charge in [-0.15, -0.1) is 10.2 Å². The minimum absolute atomic E-state index is 0.0457. The third-order valence-electron chi connectivity index (χ3n) is 7.51. The number of hydrogen-bond donors (Lipinski definition) is 2. The molecule has 4 aromatic heterocycles. The molecule has 0 aliphatic carbocycles. The molecule has 0 unspecified atom stereocenters. The van der Waals surface area contributed by atoms with E-state index in [2.05, 4.69) is 35.9 Å². The van der Waals surface area contributed by atoms with Crippen LogP contribution in [0.5, 0.6) is 0 Å². The summed E-state index contributed by atoms with van der Waals surface area (Å²) in [5, 5.41) is 17.6. The van der Waals surface area contributed by atoms with Gasteiger partial charge in [0.05, 0.1) is 35.8 Å². The molecule has 0 fully saturated rings. The number of nitrogens with zero attached hydrogens (tertiary/aromatic N) is 7. The lowest BCUT2D eigenvalue weighted by Gasteiger charge is -2.16. The Balaban J connectivity index is 1.41. The monoisotopic (exact) mass is 577 g/mol. The van der Waals surface area contributed by atoms with E-state index in [4.69, 9.17) is 0 Å². The first-order valence-corrected chi connectivity index (χ1v) is 13.8. The summed E-state index contributed by atoms with van der Waals surface area (Å²) in [6.07, 6.45) is 7.55. The first kappa shape index (κ1) is 27.6. The Hall–Kier alpha value is -5.52. The fourth-order valence-electron chi connectivity index (χ4n) is 4.92. The van der Waals surface area contributed by atoms with Crippen LogP contribution in [-0.2, 0) is 11.3 Å². The SMILES string of the molecule is CC[C@@H](C)C(=O)Nc1ncc(-c2ccc(-c3nn[nH]n3)cc2)n(Cc2cncc(-n3cc(C)c4cc(F)ccc43)c2)c1=O. The molecule has 0 spiro atoms. The molecule has 2 aromatic carbocycles. The number of nitrogens with one attached hydrogen (secondary N) is 2. The number of fused-ring (bicyclic) bond motifs is 1. The van der Waals surface area contributed by atoms with Crippen LogP contribution in [0.2, 0.25) is 0 Å². The lowest BCUT2D eigenvalue weighted by Crippen LogP contribution is -2.30. The standard InChI is InChI=1S/C31H28FN9O2/c1-4-18(2)30(42)35-29-31(43)41(27(15-34-29)21-5-7-22(8-6-21)28-36-38-39-37-28)17-20-11-24(14-33-13-20)40-16-19(3)25-12-23(32)9-10-26(25)40/h5-16,18H,4,17H2,1-3H3,(H,34,35,42)(H,36,37,38,39)/t18-/m1/s1. The van der Waals surface area contributed by atoms with Gasteiger partial charge in [-0.3, -0.25) is 19.1 Å². The van der Waals surface area contributed by atoms with Crippen LogP contribution < -0.4 is 10.9 Å². The summed E-state index contributed by atoms with van der Waals surface area (Å²) >= 11 is 0. The fourth-order valence-corrected chi connectivity index (χ4v) is 4.92. The van der Waals surface area contributed by atoms with Crippen LogP contribution in [0.25, 0.3) is 39.2 Å². The van der Waals surface area contributed by atoms with E-state index in [1.165, 1.54) is 12.1 Å². The fraction of sp³-hybridized carbons (Fsp3) is 0.194. The molecule has 2 N–H and O–H groups in total.